The van der Waals surface area contributed by atoms with Crippen molar-refractivity contribution in [3.8, 4) is 5.69 Å². The zero-order valence-electron chi connectivity index (χ0n) is 19.2. The van der Waals surface area contributed by atoms with Crippen LogP contribution in [-0.2, 0) is 4.79 Å². The predicted octanol–water partition coefficient (Wildman–Crippen LogP) is 4.92. The molecule has 2 aromatic carbocycles. The first-order valence-corrected chi connectivity index (χ1v) is 11.6. The van der Waals surface area contributed by atoms with Gasteiger partial charge in [0, 0.05) is 48.5 Å². The molecule has 1 saturated heterocycles. The number of nitro benzene ring substituents is 1. The van der Waals surface area contributed by atoms with Crippen molar-refractivity contribution in [3.05, 3.63) is 113 Å². The highest BCUT2D eigenvalue weighted by molar-refractivity contribution is 7.80. The van der Waals surface area contributed by atoms with Crippen LogP contribution < -0.4 is 15.5 Å². The molecule has 9 nitrogen and oxygen atoms in total. The number of carbonyl (C=O) groups is 1. The number of rotatable bonds is 6. The van der Waals surface area contributed by atoms with Crippen molar-refractivity contribution < 1.29 is 9.72 Å². The summed E-state index contributed by atoms with van der Waals surface area (Å²) in [6.45, 7) is 1.46. The number of amides is 1. The number of nitrogens with one attached hydrogen (secondary N) is 2. The Hall–Kier alpha value is -4.57. The molecule has 0 radical (unpaired) electrons. The van der Waals surface area contributed by atoms with Gasteiger partial charge in [-0.2, -0.15) is 0 Å². The molecule has 10 heteroatoms. The normalized spacial score (nSPS) is 17.0. The molecule has 1 aliphatic rings. The van der Waals surface area contributed by atoms with Crippen LogP contribution in [0.15, 0.2) is 91.3 Å². The number of nitrogens with zero attached hydrogens (tertiary/aromatic N) is 4. The molecule has 1 aliphatic heterocycles. The SMILES string of the molecule is CC(=O)Nc1ccc(N2C(=S)N[C@@H](c3ccccn3)[C@H]2c2cccn2-c2cccc([N+](=O)[O-])c2)cc1. The number of carbonyl (C=O) groups excluding carboxylic acids is 1. The molecule has 2 N–H and O–H groups in total. The van der Waals surface area contributed by atoms with E-state index in [9.17, 15) is 14.9 Å². The second-order valence-corrected chi connectivity index (χ2v) is 8.69. The Kier molecular flexibility index (Phi) is 6.17. The molecule has 2 aromatic heterocycles. The summed E-state index contributed by atoms with van der Waals surface area (Å²) in [6.07, 6.45) is 3.62. The fourth-order valence-corrected chi connectivity index (χ4v) is 4.81. The molecule has 180 valence electrons. The van der Waals surface area contributed by atoms with Gasteiger partial charge in [-0.1, -0.05) is 12.1 Å². The topological polar surface area (TPSA) is 105 Å². The number of pyridine rings is 1. The van der Waals surface area contributed by atoms with Gasteiger partial charge in [0.25, 0.3) is 5.69 Å². The molecule has 5 rings (SSSR count). The van der Waals surface area contributed by atoms with E-state index in [0.29, 0.717) is 16.5 Å². The van der Waals surface area contributed by atoms with Crippen LogP contribution in [0, 0.1) is 10.1 Å². The van der Waals surface area contributed by atoms with Gasteiger partial charge in [0.15, 0.2) is 5.11 Å². The van der Waals surface area contributed by atoms with Gasteiger partial charge in [0.05, 0.1) is 22.3 Å². The number of non-ortho nitro benzene ring substituents is 1. The van der Waals surface area contributed by atoms with E-state index in [4.69, 9.17) is 12.2 Å². The summed E-state index contributed by atoms with van der Waals surface area (Å²) in [7, 11) is 0. The number of hydrogen-bond acceptors (Lipinski definition) is 5. The maximum absolute atomic E-state index is 11.4. The Balaban J connectivity index is 1.62. The van der Waals surface area contributed by atoms with E-state index in [1.54, 1.807) is 18.3 Å². The number of aromatic nitrogens is 2. The lowest BCUT2D eigenvalue weighted by Gasteiger charge is -2.29. The number of benzene rings is 2. The van der Waals surface area contributed by atoms with Crippen molar-refractivity contribution in [2.75, 3.05) is 10.2 Å². The fourth-order valence-electron chi connectivity index (χ4n) is 4.47. The zero-order chi connectivity index (χ0) is 25.2. The van der Waals surface area contributed by atoms with Crippen LogP contribution in [0.4, 0.5) is 17.1 Å². The minimum Gasteiger partial charge on any atom is -0.351 e. The highest BCUT2D eigenvalue weighted by Gasteiger charge is 2.42. The maximum atomic E-state index is 11.4. The average Bonchev–Trinajstić information content (AvgIpc) is 3.49. The first kappa shape index (κ1) is 23.2. The van der Waals surface area contributed by atoms with Gasteiger partial charge in [0.1, 0.15) is 6.04 Å². The minimum atomic E-state index is -0.404. The lowest BCUT2D eigenvalue weighted by molar-refractivity contribution is -0.384. The van der Waals surface area contributed by atoms with Crippen LogP contribution in [0.2, 0.25) is 0 Å². The van der Waals surface area contributed by atoms with Crippen molar-refractivity contribution in [2.45, 2.75) is 19.0 Å². The predicted molar refractivity (Wildman–Crippen MR) is 141 cm³/mol. The Morgan fingerprint density at radius 1 is 1.06 bits per heavy atom. The molecule has 0 aliphatic carbocycles. The zero-order valence-corrected chi connectivity index (χ0v) is 20.1. The Bertz CT molecular complexity index is 1440. The second-order valence-electron chi connectivity index (χ2n) is 8.30. The van der Waals surface area contributed by atoms with Crippen molar-refractivity contribution in [3.63, 3.8) is 0 Å². The Morgan fingerprint density at radius 3 is 2.56 bits per heavy atom. The standard InChI is InChI=1S/C26H22N6O3S/c1-17(33)28-18-10-12-19(13-11-18)31-25(24(29-26(31)36)22-8-2-3-14-27-22)23-9-5-15-30(23)20-6-4-7-21(16-20)32(34)35/h2-16,24-25H,1H3,(H,28,33)(H,29,36)/t24-,25+/m0/s1. The molecule has 1 fully saturated rings. The molecule has 0 bridgehead atoms. The quantitative estimate of drug-likeness (QED) is 0.221. The molecule has 0 spiro atoms. The van der Waals surface area contributed by atoms with Crippen molar-refractivity contribution in [2.24, 2.45) is 0 Å². The summed E-state index contributed by atoms with van der Waals surface area (Å²) in [5, 5.41) is 18.1. The monoisotopic (exact) mass is 498 g/mol. The van der Waals surface area contributed by atoms with Gasteiger partial charge in [-0.05, 0) is 66.8 Å². The molecule has 36 heavy (non-hydrogen) atoms. The summed E-state index contributed by atoms with van der Waals surface area (Å²) in [6, 6.07) is 23.0. The van der Waals surface area contributed by atoms with Crippen LogP contribution in [0.5, 0.6) is 0 Å². The first-order chi connectivity index (χ1) is 17.4. The largest absolute Gasteiger partial charge is 0.351 e. The van der Waals surface area contributed by atoms with Crippen LogP contribution in [-0.4, -0.2) is 25.5 Å². The van der Waals surface area contributed by atoms with E-state index < -0.39 is 4.92 Å². The van der Waals surface area contributed by atoms with Gasteiger partial charge < -0.3 is 20.1 Å². The Labute approximate surface area is 212 Å². The van der Waals surface area contributed by atoms with Crippen LogP contribution in [0.25, 0.3) is 5.69 Å². The summed E-state index contributed by atoms with van der Waals surface area (Å²) < 4.78 is 1.93. The fraction of sp³-hybridized carbons (Fsp3) is 0.115. The minimum absolute atomic E-state index is 0.0129. The van der Waals surface area contributed by atoms with Crippen LogP contribution in [0.3, 0.4) is 0 Å². The van der Waals surface area contributed by atoms with Gasteiger partial charge in [0.2, 0.25) is 5.91 Å². The number of anilines is 2. The molecule has 1 amide bonds. The summed E-state index contributed by atoms with van der Waals surface area (Å²) in [5.41, 5.74) is 3.89. The van der Waals surface area contributed by atoms with Crippen molar-refractivity contribution >= 4 is 40.3 Å². The number of thiocarbonyl (C=S) groups is 1. The molecule has 3 heterocycles. The molecule has 4 aromatic rings. The van der Waals surface area contributed by atoms with E-state index >= 15 is 0 Å². The smallest absolute Gasteiger partial charge is 0.271 e. The third-order valence-corrected chi connectivity index (χ3v) is 6.28. The average molecular weight is 499 g/mol. The lowest BCUT2D eigenvalue weighted by Crippen LogP contribution is -2.30. The Morgan fingerprint density at radius 2 is 1.86 bits per heavy atom. The lowest BCUT2D eigenvalue weighted by atomic mass is 10.0. The highest BCUT2D eigenvalue weighted by Crippen LogP contribution is 2.42. The third kappa shape index (κ3) is 4.41. The number of hydrogen-bond donors (Lipinski definition) is 2. The van der Waals surface area contributed by atoms with E-state index in [0.717, 1.165) is 17.1 Å². The summed E-state index contributed by atoms with van der Waals surface area (Å²) in [5.74, 6) is -0.149. The molecular formula is C26H22N6O3S. The van der Waals surface area contributed by atoms with Crippen molar-refractivity contribution in [1.82, 2.24) is 14.9 Å². The van der Waals surface area contributed by atoms with E-state index in [1.165, 1.54) is 13.0 Å². The van der Waals surface area contributed by atoms with E-state index in [1.807, 2.05) is 76.3 Å². The first-order valence-electron chi connectivity index (χ1n) is 11.2. The summed E-state index contributed by atoms with van der Waals surface area (Å²) in [4.78, 5) is 29.0. The molecule has 0 saturated carbocycles. The molecule has 0 unspecified atom stereocenters. The van der Waals surface area contributed by atoms with Crippen LogP contribution in [0.1, 0.15) is 30.4 Å². The van der Waals surface area contributed by atoms with Crippen molar-refractivity contribution in [1.29, 1.82) is 0 Å². The van der Waals surface area contributed by atoms with Gasteiger partial charge >= 0.3 is 0 Å². The summed E-state index contributed by atoms with van der Waals surface area (Å²) >= 11 is 5.79. The van der Waals surface area contributed by atoms with Crippen LogP contribution >= 0.6 is 12.2 Å². The van der Waals surface area contributed by atoms with Gasteiger partial charge in [-0.15, -0.1) is 0 Å². The van der Waals surface area contributed by atoms with Gasteiger partial charge in [-0.25, -0.2) is 0 Å². The number of nitro groups is 1. The second kappa shape index (κ2) is 9.59. The maximum Gasteiger partial charge on any atom is 0.271 e. The molecular weight excluding hydrogens is 476 g/mol. The highest BCUT2D eigenvalue weighted by atomic mass is 32.1. The van der Waals surface area contributed by atoms with E-state index in [-0.39, 0.29) is 23.7 Å². The third-order valence-electron chi connectivity index (χ3n) is 5.97. The van der Waals surface area contributed by atoms with E-state index in [2.05, 4.69) is 15.6 Å². The molecule has 2 atom stereocenters. The van der Waals surface area contributed by atoms with Gasteiger partial charge in [-0.3, -0.25) is 19.9 Å².